The maximum Gasteiger partial charge on any atom is 0.135 e. The zero-order valence-electron chi connectivity index (χ0n) is 17.4. The Labute approximate surface area is 182 Å². The molecule has 2 nitrogen and oxygen atoms in total. The molecule has 154 valence electrons. The van der Waals surface area contributed by atoms with E-state index in [0.717, 1.165) is 53.0 Å². The average Bonchev–Trinajstić information content (AvgIpc) is 2.78. The van der Waals surface area contributed by atoms with Crippen molar-refractivity contribution in [2.24, 2.45) is 0 Å². The van der Waals surface area contributed by atoms with Gasteiger partial charge in [0.1, 0.15) is 12.4 Å². The molecule has 0 aliphatic carbocycles. The van der Waals surface area contributed by atoms with Gasteiger partial charge in [0.05, 0.1) is 6.10 Å². The Hall–Kier alpha value is -2.49. The number of hydrogen-bond donors (Lipinski definition) is 1. The third-order valence-corrected chi connectivity index (χ3v) is 6.32. The standard InChI is InChI=1S/C27H28O2S/c1-2-3-5-11-22(28)19-29-27-25-14-9-8-10-20(25)17-21-15-16-24(18-26(21)27)30-23-12-6-4-7-13-23/h4,6-10,12-18,22,28H,2-3,5,11,19H2,1H3. The average molecular weight is 417 g/mol. The van der Waals surface area contributed by atoms with Crippen molar-refractivity contribution in [1.82, 2.24) is 0 Å². The quantitative estimate of drug-likeness (QED) is 0.227. The normalized spacial score (nSPS) is 12.3. The molecule has 3 heteroatoms. The first-order chi connectivity index (χ1) is 14.7. The maximum absolute atomic E-state index is 10.4. The van der Waals surface area contributed by atoms with Crippen LogP contribution in [0.3, 0.4) is 0 Å². The van der Waals surface area contributed by atoms with Crippen LogP contribution >= 0.6 is 11.8 Å². The molecule has 1 atom stereocenters. The van der Waals surface area contributed by atoms with Crippen molar-refractivity contribution in [2.45, 2.75) is 48.5 Å². The van der Waals surface area contributed by atoms with Crippen LogP contribution in [-0.2, 0) is 0 Å². The van der Waals surface area contributed by atoms with Gasteiger partial charge in [-0.25, -0.2) is 0 Å². The van der Waals surface area contributed by atoms with Crippen LogP contribution in [0.1, 0.15) is 32.6 Å². The number of ether oxygens (including phenoxy) is 1. The van der Waals surface area contributed by atoms with Gasteiger partial charge < -0.3 is 9.84 Å². The summed E-state index contributed by atoms with van der Waals surface area (Å²) in [6, 6.07) is 27.5. The molecule has 0 saturated carbocycles. The largest absolute Gasteiger partial charge is 0.490 e. The summed E-state index contributed by atoms with van der Waals surface area (Å²) in [5, 5.41) is 14.9. The summed E-state index contributed by atoms with van der Waals surface area (Å²) >= 11 is 1.75. The lowest BCUT2D eigenvalue weighted by molar-refractivity contribution is 0.0991. The second-order valence-electron chi connectivity index (χ2n) is 7.69. The van der Waals surface area contributed by atoms with Gasteiger partial charge in [-0.1, -0.05) is 86.5 Å². The van der Waals surface area contributed by atoms with E-state index in [1.54, 1.807) is 11.8 Å². The van der Waals surface area contributed by atoms with Gasteiger partial charge in [0.2, 0.25) is 0 Å². The van der Waals surface area contributed by atoms with Crippen LogP contribution in [0.4, 0.5) is 0 Å². The molecule has 0 saturated heterocycles. The number of fused-ring (bicyclic) bond motifs is 2. The summed E-state index contributed by atoms with van der Waals surface area (Å²) in [5.74, 6) is 0.869. The SMILES string of the molecule is CCCCCC(O)COc1c2ccccc2cc2ccc(Sc3ccccc3)cc12. The number of aliphatic hydroxyl groups excluding tert-OH is 1. The van der Waals surface area contributed by atoms with E-state index in [4.69, 9.17) is 4.74 Å². The van der Waals surface area contributed by atoms with Gasteiger partial charge in [-0.2, -0.15) is 0 Å². The maximum atomic E-state index is 10.4. The molecule has 1 N–H and O–H groups in total. The smallest absolute Gasteiger partial charge is 0.135 e. The summed E-state index contributed by atoms with van der Waals surface area (Å²) in [6.45, 7) is 2.50. The molecule has 1 unspecified atom stereocenters. The fourth-order valence-electron chi connectivity index (χ4n) is 3.74. The minimum absolute atomic E-state index is 0.322. The molecule has 4 aromatic carbocycles. The van der Waals surface area contributed by atoms with Crippen molar-refractivity contribution in [2.75, 3.05) is 6.61 Å². The van der Waals surface area contributed by atoms with Crippen LogP contribution in [-0.4, -0.2) is 17.8 Å². The molecule has 4 rings (SSSR count). The Kier molecular flexibility index (Phi) is 6.93. The molecule has 0 spiro atoms. The number of hydrogen-bond acceptors (Lipinski definition) is 3. The summed E-state index contributed by atoms with van der Waals surface area (Å²) in [6.07, 6.45) is 3.69. The lowest BCUT2D eigenvalue weighted by atomic mass is 10.0. The summed E-state index contributed by atoms with van der Waals surface area (Å²) in [5.41, 5.74) is 0. The molecular weight excluding hydrogens is 388 g/mol. The van der Waals surface area contributed by atoms with E-state index in [2.05, 4.69) is 73.7 Å². The molecule has 0 aromatic heterocycles. The van der Waals surface area contributed by atoms with Crippen molar-refractivity contribution in [3.8, 4) is 5.75 Å². The third-order valence-electron chi connectivity index (χ3n) is 5.33. The molecule has 0 radical (unpaired) electrons. The van der Waals surface area contributed by atoms with E-state index >= 15 is 0 Å². The highest BCUT2D eigenvalue weighted by Crippen LogP contribution is 2.38. The van der Waals surface area contributed by atoms with Crippen LogP contribution in [0, 0.1) is 0 Å². The van der Waals surface area contributed by atoms with E-state index in [1.807, 2.05) is 12.1 Å². The summed E-state index contributed by atoms with van der Waals surface area (Å²) < 4.78 is 6.27. The second-order valence-corrected chi connectivity index (χ2v) is 8.83. The van der Waals surface area contributed by atoms with Gasteiger partial charge >= 0.3 is 0 Å². The van der Waals surface area contributed by atoms with Crippen molar-refractivity contribution in [3.05, 3.63) is 78.9 Å². The fraction of sp³-hybridized carbons (Fsp3) is 0.259. The summed E-state index contributed by atoms with van der Waals surface area (Å²) in [4.78, 5) is 2.39. The fourth-order valence-corrected chi connectivity index (χ4v) is 4.61. The second kappa shape index (κ2) is 10.0. The number of rotatable bonds is 9. The highest BCUT2D eigenvalue weighted by atomic mass is 32.2. The first-order valence-corrected chi connectivity index (χ1v) is 11.6. The Morgan fingerprint density at radius 3 is 2.40 bits per heavy atom. The van der Waals surface area contributed by atoms with Gasteiger partial charge in [0, 0.05) is 20.6 Å². The Morgan fingerprint density at radius 2 is 1.57 bits per heavy atom. The Balaban J connectivity index is 1.67. The van der Waals surface area contributed by atoms with E-state index in [1.165, 1.54) is 9.79 Å². The van der Waals surface area contributed by atoms with E-state index in [9.17, 15) is 5.11 Å². The molecule has 0 fully saturated rings. The predicted molar refractivity (Wildman–Crippen MR) is 128 cm³/mol. The zero-order valence-corrected chi connectivity index (χ0v) is 18.2. The minimum atomic E-state index is -0.438. The van der Waals surface area contributed by atoms with Crippen molar-refractivity contribution < 1.29 is 9.84 Å². The molecule has 0 aliphatic heterocycles. The van der Waals surface area contributed by atoms with E-state index in [0.29, 0.717) is 6.61 Å². The van der Waals surface area contributed by atoms with Crippen LogP contribution in [0.25, 0.3) is 21.5 Å². The minimum Gasteiger partial charge on any atom is -0.490 e. The molecule has 0 amide bonds. The Bertz CT molecular complexity index is 1110. The molecule has 0 bridgehead atoms. The van der Waals surface area contributed by atoms with Crippen molar-refractivity contribution >= 4 is 33.3 Å². The predicted octanol–water partition coefficient (Wildman–Crippen LogP) is 7.46. The van der Waals surface area contributed by atoms with Crippen LogP contribution in [0.5, 0.6) is 5.75 Å². The highest BCUT2D eigenvalue weighted by molar-refractivity contribution is 7.99. The van der Waals surface area contributed by atoms with Gasteiger partial charge in [0.25, 0.3) is 0 Å². The lowest BCUT2D eigenvalue weighted by Gasteiger charge is -2.17. The third kappa shape index (κ3) is 4.97. The van der Waals surface area contributed by atoms with Crippen LogP contribution in [0.2, 0.25) is 0 Å². The van der Waals surface area contributed by atoms with Gasteiger partial charge in [0.15, 0.2) is 0 Å². The molecule has 4 aromatic rings. The summed E-state index contributed by atoms with van der Waals surface area (Å²) in [7, 11) is 0. The number of aliphatic hydroxyl groups is 1. The van der Waals surface area contributed by atoms with Gasteiger partial charge in [-0.15, -0.1) is 0 Å². The Morgan fingerprint density at radius 1 is 0.800 bits per heavy atom. The van der Waals surface area contributed by atoms with Crippen molar-refractivity contribution in [1.29, 1.82) is 0 Å². The van der Waals surface area contributed by atoms with E-state index < -0.39 is 6.10 Å². The molecular formula is C27H28O2S. The topological polar surface area (TPSA) is 29.5 Å². The number of unbranched alkanes of at least 4 members (excludes halogenated alkanes) is 2. The number of benzene rings is 4. The first-order valence-electron chi connectivity index (χ1n) is 10.7. The first kappa shape index (κ1) is 20.8. The van der Waals surface area contributed by atoms with Crippen molar-refractivity contribution in [3.63, 3.8) is 0 Å². The van der Waals surface area contributed by atoms with Gasteiger partial charge in [-0.3, -0.25) is 0 Å². The van der Waals surface area contributed by atoms with Gasteiger partial charge in [-0.05, 0) is 47.5 Å². The molecule has 30 heavy (non-hydrogen) atoms. The van der Waals surface area contributed by atoms with Crippen LogP contribution in [0.15, 0.2) is 88.7 Å². The van der Waals surface area contributed by atoms with Crippen LogP contribution < -0.4 is 4.74 Å². The zero-order chi connectivity index (χ0) is 20.8. The monoisotopic (exact) mass is 416 g/mol. The lowest BCUT2D eigenvalue weighted by Crippen LogP contribution is -2.17. The highest BCUT2D eigenvalue weighted by Gasteiger charge is 2.13. The molecule has 0 heterocycles. The molecule has 0 aliphatic rings. The van der Waals surface area contributed by atoms with E-state index in [-0.39, 0.29) is 0 Å².